The van der Waals surface area contributed by atoms with Crippen molar-refractivity contribution >= 4 is 46.1 Å². The third kappa shape index (κ3) is 4.29. The zero-order valence-corrected chi connectivity index (χ0v) is 15.1. The van der Waals surface area contributed by atoms with Crippen LogP contribution in [0.15, 0.2) is 60.0 Å². The first-order chi connectivity index (χ1) is 12.6. The van der Waals surface area contributed by atoms with E-state index < -0.39 is 0 Å². The number of aliphatic hydroxyl groups excluding tert-OH is 1. The van der Waals surface area contributed by atoms with Crippen LogP contribution in [0.2, 0.25) is 5.02 Å². The molecule has 1 aromatic heterocycles. The van der Waals surface area contributed by atoms with E-state index in [0.29, 0.717) is 32.4 Å². The van der Waals surface area contributed by atoms with E-state index in [1.54, 1.807) is 53.9 Å². The summed E-state index contributed by atoms with van der Waals surface area (Å²) in [4.78, 5) is 25.2. The lowest BCUT2D eigenvalue weighted by atomic mass is 10.1. The van der Waals surface area contributed by atoms with Gasteiger partial charge in [-0.05, 0) is 47.3 Å². The summed E-state index contributed by atoms with van der Waals surface area (Å²) in [6, 6.07) is 15.1. The topological polar surface area (TPSA) is 78.4 Å². The van der Waals surface area contributed by atoms with Crippen molar-refractivity contribution in [3.63, 3.8) is 0 Å². The highest BCUT2D eigenvalue weighted by atomic mass is 35.5. The van der Waals surface area contributed by atoms with Gasteiger partial charge in [0.2, 0.25) is 0 Å². The summed E-state index contributed by atoms with van der Waals surface area (Å²) in [6.45, 7) is -0.108. The Bertz CT molecular complexity index is 942. The monoisotopic (exact) mass is 386 g/mol. The number of hydrogen-bond acceptors (Lipinski definition) is 4. The molecule has 0 atom stereocenters. The van der Waals surface area contributed by atoms with Crippen molar-refractivity contribution in [3.8, 4) is 0 Å². The molecule has 0 unspecified atom stereocenters. The summed E-state index contributed by atoms with van der Waals surface area (Å²) in [5.41, 5.74) is 1.98. The normalized spacial score (nSPS) is 10.4. The van der Waals surface area contributed by atoms with Crippen molar-refractivity contribution in [2.75, 3.05) is 10.6 Å². The SMILES string of the molecule is O=C(Nc1cccc(CO)c1)c1ccc(Cl)c(NC(=O)c2cccs2)c1. The van der Waals surface area contributed by atoms with Crippen molar-refractivity contribution in [1.29, 1.82) is 0 Å². The fraction of sp³-hybridized carbons (Fsp3) is 0.0526. The van der Waals surface area contributed by atoms with E-state index in [0.717, 1.165) is 0 Å². The number of rotatable bonds is 5. The number of carbonyl (C=O) groups excluding carboxylic acids is 2. The first-order valence-electron chi connectivity index (χ1n) is 7.72. The molecular weight excluding hydrogens is 372 g/mol. The van der Waals surface area contributed by atoms with E-state index in [1.807, 2.05) is 0 Å². The van der Waals surface area contributed by atoms with Crippen molar-refractivity contribution in [2.24, 2.45) is 0 Å². The van der Waals surface area contributed by atoms with E-state index in [4.69, 9.17) is 11.6 Å². The summed E-state index contributed by atoms with van der Waals surface area (Å²) in [6.07, 6.45) is 0. The van der Waals surface area contributed by atoms with Gasteiger partial charge in [-0.15, -0.1) is 11.3 Å². The second-order valence-corrected chi connectivity index (χ2v) is 6.79. The number of halogens is 1. The fourth-order valence-corrected chi connectivity index (χ4v) is 3.09. The molecule has 0 spiro atoms. The molecule has 3 N–H and O–H groups in total. The van der Waals surface area contributed by atoms with Crippen LogP contribution in [0.4, 0.5) is 11.4 Å². The molecule has 5 nitrogen and oxygen atoms in total. The van der Waals surface area contributed by atoms with Gasteiger partial charge in [0.1, 0.15) is 0 Å². The minimum atomic E-state index is -0.344. The number of benzene rings is 2. The van der Waals surface area contributed by atoms with Crippen LogP contribution in [0, 0.1) is 0 Å². The second-order valence-electron chi connectivity index (χ2n) is 5.44. The maximum atomic E-state index is 12.5. The summed E-state index contributed by atoms with van der Waals surface area (Å²) in [7, 11) is 0. The molecule has 2 amide bonds. The molecule has 0 aliphatic rings. The van der Waals surface area contributed by atoms with Gasteiger partial charge in [0, 0.05) is 11.3 Å². The molecule has 0 radical (unpaired) electrons. The maximum absolute atomic E-state index is 12.5. The lowest BCUT2D eigenvalue weighted by molar-refractivity contribution is 0.101. The van der Waals surface area contributed by atoms with Crippen molar-refractivity contribution in [1.82, 2.24) is 0 Å². The molecule has 0 aliphatic carbocycles. The van der Waals surface area contributed by atoms with Crippen LogP contribution in [0.1, 0.15) is 25.6 Å². The number of thiophene rings is 1. The van der Waals surface area contributed by atoms with Crippen molar-refractivity contribution in [3.05, 3.63) is 81.0 Å². The molecule has 132 valence electrons. The first kappa shape index (κ1) is 18.1. The predicted molar refractivity (Wildman–Crippen MR) is 104 cm³/mol. The molecule has 0 bridgehead atoms. The van der Waals surface area contributed by atoms with Gasteiger partial charge in [0.25, 0.3) is 11.8 Å². The fourth-order valence-electron chi connectivity index (χ4n) is 2.30. The van der Waals surface area contributed by atoms with Gasteiger partial charge >= 0.3 is 0 Å². The van der Waals surface area contributed by atoms with E-state index in [-0.39, 0.29) is 18.4 Å². The van der Waals surface area contributed by atoms with Crippen molar-refractivity contribution < 1.29 is 14.7 Å². The van der Waals surface area contributed by atoms with E-state index in [1.165, 1.54) is 17.4 Å². The van der Waals surface area contributed by atoms with Gasteiger partial charge in [-0.2, -0.15) is 0 Å². The lowest BCUT2D eigenvalue weighted by Crippen LogP contribution is -2.14. The quantitative estimate of drug-likeness (QED) is 0.608. The molecule has 0 saturated carbocycles. The van der Waals surface area contributed by atoms with Crippen LogP contribution >= 0.6 is 22.9 Å². The molecule has 3 aromatic rings. The van der Waals surface area contributed by atoms with E-state index >= 15 is 0 Å². The zero-order valence-electron chi connectivity index (χ0n) is 13.5. The molecule has 1 heterocycles. The number of nitrogens with one attached hydrogen (secondary N) is 2. The second kappa shape index (κ2) is 8.14. The highest BCUT2D eigenvalue weighted by Gasteiger charge is 2.13. The predicted octanol–water partition coefficient (Wildman–Crippen LogP) is 4.40. The molecule has 3 rings (SSSR count). The standard InChI is InChI=1S/C19H15ClN2O3S/c20-15-7-6-13(10-16(15)22-19(25)17-5-2-8-26-17)18(24)21-14-4-1-3-12(9-14)11-23/h1-10,23H,11H2,(H,21,24)(H,22,25). The number of aliphatic hydroxyl groups is 1. The smallest absolute Gasteiger partial charge is 0.265 e. The van der Waals surface area contributed by atoms with Gasteiger partial charge in [-0.1, -0.05) is 29.8 Å². The minimum Gasteiger partial charge on any atom is -0.392 e. The maximum Gasteiger partial charge on any atom is 0.265 e. The van der Waals surface area contributed by atoms with Gasteiger partial charge in [0.05, 0.1) is 22.2 Å². The zero-order chi connectivity index (χ0) is 18.5. The highest BCUT2D eigenvalue weighted by Crippen LogP contribution is 2.25. The molecule has 0 saturated heterocycles. The average Bonchev–Trinajstić information content (AvgIpc) is 3.18. The van der Waals surface area contributed by atoms with Gasteiger partial charge < -0.3 is 15.7 Å². The summed E-state index contributed by atoms with van der Waals surface area (Å²) in [5, 5.41) is 16.8. The Morgan fingerprint density at radius 2 is 1.85 bits per heavy atom. The summed E-state index contributed by atoms with van der Waals surface area (Å²) >= 11 is 7.45. The van der Waals surface area contributed by atoms with E-state index in [2.05, 4.69) is 10.6 Å². The van der Waals surface area contributed by atoms with Gasteiger partial charge in [-0.25, -0.2) is 0 Å². The molecule has 2 aromatic carbocycles. The van der Waals surface area contributed by atoms with Gasteiger partial charge in [0.15, 0.2) is 0 Å². The molecule has 0 fully saturated rings. The molecule has 26 heavy (non-hydrogen) atoms. The first-order valence-corrected chi connectivity index (χ1v) is 8.98. The van der Waals surface area contributed by atoms with E-state index in [9.17, 15) is 14.7 Å². The number of carbonyl (C=O) groups is 2. The Balaban J connectivity index is 1.77. The third-order valence-electron chi connectivity index (χ3n) is 3.59. The number of anilines is 2. The van der Waals surface area contributed by atoms with Gasteiger partial charge in [-0.3, -0.25) is 9.59 Å². The third-order valence-corrected chi connectivity index (χ3v) is 4.79. The van der Waals surface area contributed by atoms with Crippen LogP contribution in [-0.2, 0) is 6.61 Å². The minimum absolute atomic E-state index is 0.108. The molecule has 7 heteroatoms. The van der Waals surface area contributed by atoms with Crippen LogP contribution in [0.25, 0.3) is 0 Å². The Labute approximate surface area is 159 Å². The molecular formula is C19H15ClN2O3S. The van der Waals surface area contributed by atoms with Crippen LogP contribution < -0.4 is 10.6 Å². The van der Waals surface area contributed by atoms with Crippen LogP contribution in [-0.4, -0.2) is 16.9 Å². The highest BCUT2D eigenvalue weighted by molar-refractivity contribution is 7.12. The van der Waals surface area contributed by atoms with Crippen molar-refractivity contribution in [2.45, 2.75) is 6.61 Å². The number of hydrogen-bond donors (Lipinski definition) is 3. The van der Waals surface area contributed by atoms with Crippen LogP contribution in [0.3, 0.4) is 0 Å². The average molecular weight is 387 g/mol. The lowest BCUT2D eigenvalue weighted by Gasteiger charge is -2.10. The Hall–Kier alpha value is -2.67. The number of amides is 2. The largest absolute Gasteiger partial charge is 0.392 e. The summed E-state index contributed by atoms with van der Waals surface area (Å²) < 4.78 is 0. The molecule has 0 aliphatic heterocycles. The van der Waals surface area contributed by atoms with Crippen LogP contribution in [0.5, 0.6) is 0 Å². The summed E-state index contributed by atoms with van der Waals surface area (Å²) in [5.74, 6) is -0.626. The Kier molecular flexibility index (Phi) is 5.68. The Morgan fingerprint density at radius 1 is 1.00 bits per heavy atom. The Morgan fingerprint density at radius 3 is 2.58 bits per heavy atom.